The number of carbonyl (C=O) groups excluding carboxylic acids is 1. The SMILES string of the molecule is Cc1ccc(Cl)cc1NC(=O)c1cc2cccnc2n(Cc2ccc(Cl)cc2)c1=O. The first kappa shape index (κ1) is 20.1. The van der Waals surface area contributed by atoms with Gasteiger partial charge >= 0.3 is 0 Å². The summed E-state index contributed by atoms with van der Waals surface area (Å²) >= 11 is 12.0. The van der Waals surface area contributed by atoms with Gasteiger partial charge in [0.2, 0.25) is 0 Å². The molecule has 5 nitrogen and oxygen atoms in total. The van der Waals surface area contributed by atoms with Crippen molar-refractivity contribution in [3.63, 3.8) is 0 Å². The van der Waals surface area contributed by atoms with E-state index in [9.17, 15) is 9.59 Å². The van der Waals surface area contributed by atoms with E-state index in [1.165, 1.54) is 4.57 Å². The first-order valence-electron chi connectivity index (χ1n) is 9.23. The lowest BCUT2D eigenvalue weighted by Crippen LogP contribution is -2.30. The monoisotopic (exact) mass is 437 g/mol. The van der Waals surface area contributed by atoms with Crippen LogP contribution in [0, 0.1) is 6.92 Å². The Kier molecular flexibility index (Phi) is 5.57. The average Bonchev–Trinajstić information content (AvgIpc) is 2.74. The first-order valence-corrected chi connectivity index (χ1v) is 9.98. The van der Waals surface area contributed by atoms with Crippen LogP contribution < -0.4 is 10.9 Å². The molecule has 2 aromatic carbocycles. The lowest BCUT2D eigenvalue weighted by Gasteiger charge is -2.13. The van der Waals surface area contributed by atoms with Crippen molar-refractivity contribution in [1.82, 2.24) is 9.55 Å². The van der Waals surface area contributed by atoms with Crippen molar-refractivity contribution in [1.29, 1.82) is 0 Å². The average molecular weight is 438 g/mol. The lowest BCUT2D eigenvalue weighted by molar-refractivity contribution is 0.102. The number of anilines is 1. The molecular weight excluding hydrogens is 421 g/mol. The molecule has 0 aliphatic rings. The molecule has 1 amide bonds. The number of nitrogens with zero attached hydrogens (tertiary/aromatic N) is 2. The molecule has 0 atom stereocenters. The molecule has 4 rings (SSSR count). The molecule has 0 aliphatic carbocycles. The van der Waals surface area contributed by atoms with Crippen LogP contribution in [0.1, 0.15) is 21.5 Å². The summed E-state index contributed by atoms with van der Waals surface area (Å²) in [6.07, 6.45) is 1.62. The number of hydrogen-bond donors (Lipinski definition) is 1. The van der Waals surface area contributed by atoms with Gasteiger partial charge < -0.3 is 5.32 Å². The third-order valence-corrected chi connectivity index (χ3v) is 5.28. The Morgan fingerprint density at radius 3 is 2.53 bits per heavy atom. The second kappa shape index (κ2) is 8.30. The Morgan fingerprint density at radius 1 is 1.03 bits per heavy atom. The second-order valence-corrected chi connectivity index (χ2v) is 7.78. The molecule has 7 heteroatoms. The fourth-order valence-corrected chi connectivity index (χ4v) is 3.50. The van der Waals surface area contributed by atoms with Crippen LogP contribution in [0.25, 0.3) is 11.0 Å². The minimum Gasteiger partial charge on any atom is -0.322 e. The quantitative estimate of drug-likeness (QED) is 0.470. The van der Waals surface area contributed by atoms with E-state index < -0.39 is 11.5 Å². The number of rotatable bonds is 4. The van der Waals surface area contributed by atoms with Gasteiger partial charge in [0.15, 0.2) is 0 Å². The highest BCUT2D eigenvalue weighted by Gasteiger charge is 2.17. The van der Waals surface area contributed by atoms with Crippen molar-refractivity contribution in [2.75, 3.05) is 5.32 Å². The van der Waals surface area contributed by atoms with Crippen molar-refractivity contribution in [2.45, 2.75) is 13.5 Å². The zero-order valence-corrected chi connectivity index (χ0v) is 17.5. The molecule has 0 radical (unpaired) electrons. The van der Waals surface area contributed by atoms with Crippen LogP contribution >= 0.6 is 23.2 Å². The van der Waals surface area contributed by atoms with E-state index in [0.717, 1.165) is 11.1 Å². The highest BCUT2D eigenvalue weighted by atomic mass is 35.5. The summed E-state index contributed by atoms with van der Waals surface area (Å²) in [6, 6.07) is 17.6. The maximum absolute atomic E-state index is 13.2. The van der Waals surface area contributed by atoms with Gasteiger partial charge in [0.1, 0.15) is 11.2 Å². The maximum Gasteiger partial charge on any atom is 0.265 e. The summed E-state index contributed by atoms with van der Waals surface area (Å²) in [5.74, 6) is -0.499. The number of carbonyl (C=O) groups is 1. The van der Waals surface area contributed by atoms with Crippen LogP contribution in [-0.2, 0) is 6.54 Å². The summed E-state index contributed by atoms with van der Waals surface area (Å²) in [5.41, 5.74) is 2.39. The largest absolute Gasteiger partial charge is 0.322 e. The number of nitrogens with one attached hydrogen (secondary N) is 1. The Morgan fingerprint density at radius 2 is 1.77 bits per heavy atom. The molecule has 1 N–H and O–H groups in total. The Balaban J connectivity index is 1.79. The molecule has 0 aliphatic heterocycles. The molecule has 0 unspecified atom stereocenters. The van der Waals surface area contributed by atoms with Gasteiger partial charge in [-0.25, -0.2) is 4.98 Å². The minimum atomic E-state index is -0.499. The molecule has 0 saturated carbocycles. The molecular formula is C23H17Cl2N3O2. The third kappa shape index (κ3) is 4.08. The number of hydrogen-bond acceptors (Lipinski definition) is 3. The van der Waals surface area contributed by atoms with Crippen molar-refractivity contribution in [3.05, 3.63) is 104 Å². The molecule has 0 spiro atoms. The van der Waals surface area contributed by atoms with E-state index in [2.05, 4.69) is 10.3 Å². The minimum absolute atomic E-state index is 0.0313. The highest BCUT2D eigenvalue weighted by Crippen LogP contribution is 2.21. The van der Waals surface area contributed by atoms with Gasteiger partial charge in [-0.15, -0.1) is 0 Å². The van der Waals surface area contributed by atoms with E-state index in [-0.39, 0.29) is 12.1 Å². The van der Waals surface area contributed by atoms with Crippen molar-refractivity contribution in [2.24, 2.45) is 0 Å². The number of fused-ring (bicyclic) bond motifs is 1. The molecule has 2 aromatic heterocycles. The number of aryl methyl sites for hydroxylation is 1. The van der Waals surface area contributed by atoms with Gasteiger partial charge in [-0.05, 0) is 60.5 Å². The van der Waals surface area contributed by atoms with Crippen LogP contribution in [-0.4, -0.2) is 15.5 Å². The summed E-state index contributed by atoms with van der Waals surface area (Å²) in [7, 11) is 0. The number of halogens is 2. The Bertz CT molecular complexity index is 1310. The summed E-state index contributed by atoms with van der Waals surface area (Å²) in [6.45, 7) is 2.12. The van der Waals surface area contributed by atoms with Crippen LogP contribution in [0.2, 0.25) is 10.0 Å². The van der Waals surface area contributed by atoms with Crippen LogP contribution in [0.4, 0.5) is 5.69 Å². The zero-order valence-electron chi connectivity index (χ0n) is 16.0. The van der Waals surface area contributed by atoms with Crippen LogP contribution in [0.3, 0.4) is 0 Å². The van der Waals surface area contributed by atoms with E-state index in [1.807, 2.05) is 25.1 Å². The fraction of sp³-hybridized carbons (Fsp3) is 0.0870. The molecule has 0 bridgehead atoms. The summed E-state index contributed by atoms with van der Waals surface area (Å²) in [4.78, 5) is 30.6. The van der Waals surface area contributed by atoms with Gasteiger partial charge in [-0.2, -0.15) is 0 Å². The van der Waals surface area contributed by atoms with Gasteiger partial charge in [-0.3, -0.25) is 14.2 Å². The van der Waals surface area contributed by atoms with Gasteiger partial charge in [-0.1, -0.05) is 41.4 Å². The van der Waals surface area contributed by atoms with E-state index in [4.69, 9.17) is 23.2 Å². The van der Waals surface area contributed by atoms with Crippen molar-refractivity contribution in [3.8, 4) is 0 Å². The summed E-state index contributed by atoms with van der Waals surface area (Å²) in [5, 5.41) is 4.60. The molecule has 0 saturated heterocycles. The fourth-order valence-electron chi connectivity index (χ4n) is 3.21. The number of benzene rings is 2. The van der Waals surface area contributed by atoms with Gasteiger partial charge in [0.25, 0.3) is 11.5 Å². The smallest absolute Gasteiger partial charge is 0.265 e. The topological polar surface area (TPSA) is 64.0 Å². The molecule has 30 heavy (non-hydrogen) atoms. The standard InChI is InChI=1S/C23H17Cl2N3O2/c1-14-4-7-18(25)12-20(14)27-22(29)19-11-16-3-2-10-26-21(16)28(23(19)30)13-15-5-8-17(24)9-6-15/h2-12H,13H2,1H3,(H,27,29). The highest BCUT2D eigenvalue weighted by molar-refractivity contribution is 6.31. The third-order valence-electron chi connectivity index (χ3n) is 4.79. The predicted octanol–water partition coefficient (Wildman–Crippen LogP) is 5.31. The van der Waals surface area contributed by atoms with E-state index in [0.29, 0.717) is 26.8 Å². The zero-order chi connectivity index (χ0) is 21.3. The van der Waals surface area contributed by atoms with Crippen molar-refractivity contribution >= 4 is 45.8 Å². The normalized spacial score (nSPS) is 10.9. The molecule has 0 fully saturated rings. The second-order valence-electron chi connectivity index (χ2n) is 6.91. The molecule has 4 aromatic rings. The van der Waals surface area contributed by atoms with Crippen molar-refractivity contribution < 1.29 is 4.79 Å². The number of amides is 1. The lowest BCUT2D eigenvalue weighted by atomic mass is 10.1. The first-order chi connectivity index (χ1) is 14.4. The molecule has 2 heterocycles. The predicted molar refractivity (Wildman–Crippen MR) is 121 cm³/mol. The molecule has 150 valence electrons. The van der Waals surface area contributed by atoms with E-state index >= 15 is 0 Å². The van der Waals surface area contributed by atoms with Gasteiger partial charge in [0.05, 0.1) is 6.54 Å². The Hall–Kier alpha value is -3.15. The number of pyridine rings is 2. The number of aromatic nitrogens is 2. The maximum atomic E-state index is 13.2. The Labute approximate surface area is 182 Å². The van der Waals surface area contributed by atoms with Gasteiger partial charge in [0, 0.05) is 27.3 Å². The van der Waals surface area contributed by atoms with E-state index in [1.54, 1.807) is 48.7 Å². The van der Waals surface area contributed by atoms with Crippen LogP contribution in [0.5, 0.6) is 0 Å². The summed E-state index contributed by atoms with van der Waals surface area (Å²) < 4.78 is 1.50. The van der Waals surface area contributed by atoms with Crippen LogP contribution in [0.15, 0.2) is 71.7 Å².